The molecule has 2 N–H and O–H groups in total. The molecule has 0 saturated carbocycles. The van der Waals surface area contributed by atoms with Crippen molar-refractivity contribution in [1.29, 1.82) is 0 Å². The fourth-order valence-electron chi connectivity index (χ4n) is 3.42. The van der Waals surface area contributed by atoms with E-state index in [4.69, 9.17) is 0 Å². The second-order valence-corrected chi connectivity index (χ2v) is 9.41. The van der Waals surface area contributed by atoms with E-state index in [-0.39, 0.29) is 11.5 Å². The van der Waals surface area contributed by atoms with Crippen molar-refractivity contribution in [3.63, 3.8) is 0 Å². The molecule has 1 aliphatic rings. The molecule has 154 valence electrons. The predicted octanol–water partition coefficient (Wildman–Crippen LogP) is 1.32. The zero-order valence-corrected chi connectivity index (χ0v) is 17.4. The largest absolute Gasteiger partial charge is 0.357 e. The third-order valence-corrected chi connectivity index (χ3v) is 6.62. The molecule has 0 amide bonds. The Bertz CT molecular complexity index is 877. The minimum absolute atomic E-state index is 0.273. The first kappa shape index (κ1) is 20.7. The number of para-hydroxylation sites is 1. The Labute approximate surface area is 167 Å². The van der Waals surface area contributed by atoms with Crippen LogP contribution in [0.15, 0.2) is 41.5 Å². The molecule has 0 spiro atoms. The van der Waals surface area contributed by atoms with Gasteiger partial charge in [0.25, 0.3) is 0 Å². The summed E-state index contributed by atoms with van der Waals surface area (Å²) in [4.78, 5) is 6.85. The SMILES string of the molecule is CCNC(=NCCCn1ccc2ccccc21)NCCN1CCS(=O)(=O)CC1. The number of benzene rings is 1. The maximum atomic E-state index is 11.5. The molecule has 1 saturated heterocycles. The smallest absolute Gasteiger partial charge is 0.191 e. The van der Waals surface area contributed by atoms with Crippen LogP contribution in [0.4, 0.5) is 0 Å². The van der Waals surface area contributed by atoms with Crippen molar-refractivity contribution in [1.82, 2.24) is 20.1 Å². The summed E-state index contributed by atoms with van der Waals surface area (Å²) in [5.74, 6) is 1.37. The second-order valence-electron chi connectivity index (χ2n) is 7.10. The number of sulfone groups is 1. The van der Waals surface area contributed by atoms with Gasteiger partial charge in [-0.2, -0.15) is 0 Å². The van der Waals surface area contributed by atoms with Gasteiger partial charge in [0.05, 0.1) is 11.5 Å². The average molecular weight is 406 g/mol. The van der Waals surface area contributed by atoms with Gasteiger partial charge in [-0.15, -0.1) is 0 Å². The van der Waals surface area contributed by atoms with Gasteiger partial charge in [-0.05, 0) is 30.9 Å². The minimum atomic E-state index is -2.81. The van der Waals surface area contributed by atoms with Crippen molar-refractivity contribution in [2.45, 2.75) is 19.9 Å². The number of aromatic nitrogens is 1. The summed E-state index contributed by atoms with van der Waals surface area (Å²) in [6, 6.07) is 10.6. The zero-order valence-electron chi connectivity index (χ0n) is 16.6. The number of nitrogens with one attached hydrogen (secondary N) is 2. The summed E-state index contributed by atoms with van der Waals surface area (Å²) in [7, 11) is -2.81. The van der Waals surface area contributed by atoms with Crippen LogP contribution >= 0.6 is 0 Å². The van der Waals surface area contributed by atoms with Gasteiger partial charge in [0.2, 0.25) is 0 Å². The molecule has 0 bridgehead atoms. The Kier molecular flexibility index (Phi) is 7.33. The maximum absolute atomic E-state index is 11.5. The molecular formula is C20H31N5O2S. The van der Waals surface area contributed by atoms with Crippen LogP contribution in [0.3, 0.4) is 0 Å². The number of hydrogen-bond donors (Lipinski definition) is 2. The van der Waals surface area contributed by atoms with Gasteiger partial charge in [0.15, 0.2) is 15.8 Å². The monoisotopic (exact) mass is 405 g/mol. The van der Waals surface area contributed by atoms with E-state index in [9.17, 15) is 8.42 Å². The summed E-state index contributed by atoms with van der Waals surface area (Å²) in [6.07, 6.45) is 3.11. The van der Waals surface area contributed by atoms with Crippen LogP contribution < -0.4 is 10.6 Å². The highest BCUT2D eigenvalue weighted by Gasteiger charge is 2.20. The van der Waals surface area contributed by atoms with Crippen molar-refractivity contribution in [2.75, 3.05) is 50.8 Å². The summed E-state index contributed by atoms with van der Waals surface area (Å²) < 4.78 is 25.3. The Balaban J connectivity index is 1.41. The van der Waals surface area contributed by atoms with Crippen LogP contribution in [0.25, 0.3) is 10.9 Å². The number of aliphatic imine (C=N–C) groups is 1. The van der Waals surface area contributed by atoms with Gasteiger partial charge in [-0.25, -0.2) is 8.42 Å². The summed E-state index contributed by atoms with van der Waals surface area (Å²) in [6.45, 7) is 7.41. The standard InChI is InChI=1S/C20H31N5O2S/c1-2-21-20(23-10-13-24-14-16-28(26,27)17-15-24)22-9-5-11-25-12-8-18-6-3-4-7-19(18)25/h3-4,6-8,12H,2,5,9-11,13-17H2,1H3,(H2,21,22,23). The average Bonchev–Trinajstić information content (AvgIpc) is 3.09. The molecule has 0 radical (unpaired) electrons. The molecule has 8 heteroatoms. The van der Waals surface area contributed by atoms with Gasteiger partial charge >= 0.3 is 0 Å². The van der Waals surface area contributed by atoms with E-state index < -0.39 is 9.84 Å². The molecular weight excluding hydrogens is 374 g/mol. The van der Waals surface area contributed by atoms with Crippen LogP contribution in [0.2, 0.25) is 0 Å². The topological polar surface area (TPSA) is 78.7 Å². The van der Waals surface area contributed by atoms with Crippen LogP contribution in [-0.4, -0.2) is 74.6 Å². The maximum Gasteiger partial charge on any atom is 0.191 e. The van der Waals surface area contributed by atoms with Crippen molar-refractivity contribution in [3.8, 4) is 0 Å². The molecule has 28 heavy (non-hydrogen) atoms. The lowest BCUT2D eigenvalue weighted by Crippen LogP contribution is -2.46. The van der Waals surface area contributed by atoms with Crippen LogP contribution in [0.5, 0.6) is 0 Å². The summed E-state index contributed by atoms with van der Waals surface area (Å²) in [5, 5.41) is 7.90. The molecule has 3 rings (SSSR count). The first-order valence-corrected chi connectivity index (χ1v) is 11.9. The Morgan fingerprint density at radius 3 is 2.68 bits per heavy atom. The van der Waals surface area contributed by atoms with E-state index in [2.05, 4.69) is 68.5 Å². The van der Waals surface area contributed by atoms with Gasteiger partial charge in [0, 0.05) is 57.5 Å². The first-order valence-electron chi connectivity index (χ1n) is 10.1. The van der Waals surface area contributed by atoms with Gasteiger partial charge in [0.1, 0.15) is 0 Å². The molecule has 0 atom stereocenters. The molecule has 2 heterocycles. The van der Waals surface area contributed by atoms with Gasteiger partial charge in [-0.3, -0.25) is 9.89 Å². The van der Waals surface area contributed by atoms with Crippen molar-refractivity contribution >= 4 is 26.7 Å². The Morgan fingerprint density at radius 1 is 1.11 bits per heavy atom. The second kappa shape index (κ2) is 9.93. The van der Waals surface area contributed by atoms with Crippen LogP contribution in [0.1, 0.15) is 13.3 Å². The lowest BCUT2D eigenvalue weighted by molar-refractivity contribution is 0.299. The van der Waals surface area contributed by atoms with E-state index >= 15 is 0 Å². The highest BCUT2D eigenvalue weighted by molar-refractivity contribution is 7.91. The quantitative estimate of drug-likeness (QED) is 0.393. The van der Waals surface area contributed by atoms with Crippen LogP contribution in [0, 0.1) is 0 Å². The number of aryl methyl sites for hydroxylation is 1. The summed E-state index contributed by atoms with van der Waals surface area (Å²) >= 11 is 0. The minimum Gasteiger partial charge on any atom is -0.357 e. The zero-order chi connectivity index (χ0) is 19.8. The predicted molar refractivity (Wildman–Crippen MR) is 116 cm³/mol. The van der Waals surface area contributed by atoms with E-state index in [1.165, 1.54) is 10.9 Å². The molecule has 0 aliphatic carbocycles. The molecule has 0 unspecified atom stereocenters. The van der Waals surface area contributed by atoms with Crippen LogP contribution in [-0.2, 0) is 16.4 Å². The lowest BCUT2D eigenvalue weighted by atomic mass is 10.2. The van der Waals surface area contributed by atoms with E-state index in [0.717, 1.165) is 45.1 Å². The highest BCUT2D eigenvalue weighted by atomic mass is 32.2. The van der Waals surface area contributed by atoms with Crippen molar-refractivity contribution < 1.29 is 8.42 Å². The van der Waals surface area contributed by atoms with E-state index in [0.29, 0.717) is 13.1 Å². The third-order valence-electron chi connectivity index (χ3n) is 5.01. The molecule has 1 aromatic heterocycles. The molecule has 2 aromatic rings. The number of guanidine groups is 1. The normalized spacial score (nSPS) is 17.7. The first-order chi connectivity index (χ1) is 13.6. The van der Waals surface area contributed by atoms with Crippen molar-refractivity contribution in [2.24, 2.45) is 4.99 Å². The molecule has 1 fully saturated rings. The highest BCUT2D eigenvalue weighted by Crippen LogP contribution is 2.15. The van der Waals surface area contributed by atoms with E-state index in [1.807, 2.05) is 0 Å². The number of nitrogens with zero attached hydrogens (tertiary/aromatic N) is 3. The fraction of sp³-hybridized carbons (Fsp3) is 0.550. The van der Waals surface area contributed by atoms with Gasteiger partial charge in [-0.1, -0.05) is 18.2 Å². The number of rotatable bonds is 8. The third kappa shape index (κ3) is 5.97. The van der Waals surface area contributed by atoms with Crippen molar-refractivity contribution in [3.05, 3.63) is 36.5 Å². The summed E-state index contributed by atoms with van der Waals surface area (Å²) in [5.41, 5.74) is 1.26. The molecule has 7 nitrogen and oxygen atoms in total. The number of fused-ring (bicyclic) bond motifs is 1. The Morgan fingerprint density at radius 2 is 1.89 bits per heavy atom. The number of hydrogen-bond acceptors (Lipinski definition) is 4. The molecule has 1 aromatic carbocycles. The Hall–Kier alpha value is -2.06. The van der Waals surface area contributed by atoms with Gasteiger partial charge < -0.3 is 15.2 Å². The fourth-order valence-corrected chi connectivity index (χ4v) is 4.69. The van der Waals surface area contributed by atoms with E-state index in [1.54, 1.807) is 0 Å². The molecule has 1 aliphatic heterocycles. The lowest BCUT2D eigenvalue weighted by Gasteiger charge is -2.26.